The van der Waals surface area contributed by atoms with E-state index in [0.717, 1.165) is 0 Å². The molecule has 0 atom stereocenters. The number of thiophene rings is 1. The Morgan fingerprint density at radius 3 is 2.25 bits per heavy atom. The monoisotopic (exact) mass is 294 g/mol. The van der Waals surface area contributed by atoms with Crippen LogP contribution in [-0.4, -0.2) is 19.5 Å². The molecular formula is C6H2ClF3O4S2. The van der Waals surface area contributed by atoms with Crippen molar-refractivity contribution in [1.82, 2.24) is 0 Å². The Bertz CT molecular complexity index is 530. The van der Waals surface area contributed by atoms with Crippen molar-refractivity contribution >= 4 is 37.0 Å². The summed E-state index contributed by atoms with van der Waals surface area (Å²) >= 11 is -0.0311. The first-order chi connectivity index (χ1) is 7.05. The minimum atomic E-state index is -4.96. The molecule has 0 aliphatic heterocycles. The predicted molar refractivity (Wildman–Crippen MR) is 49.3 cm³/mol. The Balaban J connectivity index is 3.63. The number of carboxylic acid groups (broad SMARTS) is 1. The molecule has 0 saturated heterocycles. The molecule has 0 amide bonds. The van der Waals surface area contributed by atoms with Gasteiger partial charge < -0.3 is 5.11 Å². The van der Waals surface area contributed by atoms with E-state index in [-0.39, 0.29) is 11.3 Å². The second-order valence-corrected chi connectivity index (χ2v) is 5.93. The van der Waals surface area contributed by atoms with Gasteiger partial charge in [-0.15, -0.1) is 11.3 Å². The number of hydrogen-bond acceptors (Lipinski definition) is 4. The first kappa shape index (κ1) is 13.3. The van der Waals surface area contributed by atoms with Crippen molar-refractivity contribution < 1.29 is 31.5 Å². The highest BCUT2D eigenvalue weighted by molar-refractivity contribution is 8.14. The van der Waals surface area contributed by atoms with E-state index in [4.69, 9.17) is 15.8 Å². The number of halogens is 4. The van der Waals surface area contributed by atoms with Crippen LogP contribution in [-0.2, 0) is 15.2 Å². The van der Waals surface area contributed by atoms with Crippen molar-refractivity contribution in [2.75, 3.05) is 0 Å². The first-order valence-corrected chi connectivity index (χ1v) is 6.60. The summed E-state index contributed by atoms with van der Waals surface area (Å²) in [7, 11) is 0.00874. The molecule has 1 aromatic rings. The highest BCUT2D eigenvalue weighted by atomic mass is 35.7. The fourth-order valence-electron chi connectivity index (χ4n) is 0.932. The van der Waals surface area contributed by atoms with Crippen LogP contribution in [0.1, 0.15) is 15.2 Å². The number of alkyl halides is 3. The van der Waals surface area contributed by atoms with Gasteiger partial charge >= 0.3 is 12.1 Å². The highest BCUT2D eigenvalue weighted by Gasteiger charge is 2.41. The van der Waals surface area contributed by atoms with Gasteiger partial charge in [0.25, 0.3) is 9.05 Å². The zero-order chi connectivity index (χ0) is 12.7. The summed E-state index contributed by atoms with van der Waals surface area (Å²) in [4.78, 5) is 7.58. The van der Waals surface area contributed by atoms with Crippen LogP contribution < -0.4 is 0 Å². The minimum absolute atomic E-state index is 0.0311. The number of aromatic carboxylic acids is 1. The van der Waals surface area contributed by atoms with Gasteiger partial charge in [0.05, 0.1) is 5.56 Å². The third-order valence-corrected chi connectivity index (χ3v) is 4.01. The van der Waals surface area contributed by atoms with Crippen molar-refractivity contribution in [2.45, 2.75) is 11.1 Å². The maximum absolute atomic E-state index is 12.3. The highest BCUT2D eigenvalue weighted by Crippen LogP contribution is 2.41. The molecule has 0 fully saturated rings. The third-order valence-electron chi connectivity index (χ3n) is 1.48. The lowest BCUT2D eigenvalue weighted by atomic mass is 10.3. The topological polar surface area (TPSA) is 71.4 Å². The molecule has 0 aliphatic carbocycles. The van der Waals surface area contributed by atoms with Gasteiger partial charge in [0.2, 0.25) is 0 Å². The van der Waals surface area contributed by atoms with Crippen molar-refractivity contribution in [3.63, 3.8) is 0 Å². The van der Waals surface area contributed by atoms with Crippen LogP contribution in [0.2, 0.25) is 0 Å². The van der Waals surface area contributed by atoms with E-state index in [2.05, 4.69) is 0 Å². The van der Waals surface area contributed by atoms with E-state index >= 15 is 0 Å². The summed E-state index contributed by atoms with van der Waals surface area (Å²) < 4.78 is 58.8. The molecule has 0 aromatic carbocycles. The van der Waals surface area contributed by atoms with Gasteiger partial charge in [0, 0.05) is 16.1 Å². The summed E-state index contributed by atoms with van der Waals surface area (Å²) in [6, 6.07) is 0. The Kier molecular flexibility index (Phi) is 3.23. The fourth-order valence-corrected chi connectivity index (χ4v) is 3.65. The van der Waals surface area contributed by atoms with Gasteiger partial charge in [-0.05, 0) is 0 Å². The van der Waals surface area contributed by atoms with E-state index in [1.807, 2.05) is 0 Å². The molecule has 0 unspecified atom stereocenters. The number of hydrogen-bond donors (Lipinski definition) is 1. The van der Waals surface area contributed by atoms with Crippen LogP contribution in [0.5, 0.6) is 0 Å². The lowest BCUT2D eigenvalue weighted by molar-refractivity contribution is -0.136. The molecule has 0 spiro atoms. The van der Waals surface area contributed by atoms with Gasteiger partial charge in [-0.3, -0.25) is 0 Å². The van der Waals surface area contributed by atoms with Gasteiger partial charge in [-0.25, -0.2) is 13.2 Å². The van der Waals surface area contributed by atoms with E-state index in [1.165, 1.54) is 0 Å². The van der Waals surface area contributed by atoms with Crippen LogP contribution in [0.4, 0.5) is 13.2 Å². The van der Waals surface area contributed by atoms with Crippen molar-refractivity contribution in [3.05, 3.63) is 15.8 Å². The van der Waals surface area contributed by atoms with Crippen LogP contribution in [0.15, 0.2) is 10.3 Å². The molecule has 0 radical (unpaired) electrons. The second kappa shape index (κ2) is 3.90. The summed E-state index contributed by atoms with van der Waals surface area (Å²) in [5.41, 5.74) is -0.979. The van der Waals surface area contributed by atoms with Gasteiger partial charge in [0.1, 0.15) is 9.77 Å². The standard InChI is InChI=1S/C6H2ClF3O4S2/c7-16(13,14)3-2(5(11)12)1-15-4(3)6(8,9)10/h1H,(H,11,12). The van der Waals surface area contributed by atoms with E-state index in [0.29, 0.717) is 5.38 Å². The minimum Gasteiger partial charge on any atom is -0.478 e. The molecule has 0 aliphatic rings. The maximum atomic E-state index is 12.3. The quantitative estimate of drug-likeness (QED) is 0.850. The first-order valence-electron chi connectivity index (χ1n) is 3.41. The molecular weight excluding hydrogens is 293 g/mol. The Morgan fingerprint density at radius 2 is 1.94 bits per heavy atom. The normalized spacial score (nSPS) is 12.8. The smallest absolute Gasteiger partial charge is 0.426 e. The molecule has 90 valence electrons. The Hall–Kier alpha value is -0.800. The van der Waals surface area contributed by atoms with Crippen molar-refractivity contribution in [1.29, 1.82) is 0 Å². The molecule has 1 heterocycles. The van der Waals surface area contributed by atoms with Gasteiger partial charge in [0.15, 0.2) is 0 Å². The number of rotatable bonds is 2. The predicted octanol–water partition coefficient (Wildman–Crippen LogP) is 2.39. The van der Waals surface area contributed by atoms with Crippen LogP contribution in [0.3, 0.4) is 0 Å². The lowest BCUT2D eigenvalue weighted by Crippen LogP contribution is -2.10. The molecule has 1 N–H and O–H groups in total. The molecule has 16 heavy (non-hydrogen) atoms. The Morgan fingerprint density at radius 1 is 1.44 bits per heavy atom. The zero-order valence-corrected chi connectivity index (χ0v) is 9.47. The summed E-state index contributed by atoms with van der Waals surface area (Å²) in [5, 5.41) is 9.11. The van der Waals surface area contributed by atoms with Crippen LogP contribution in [0, 0.1) is 0 Å². The average Bonchev–Trinajstić information content (AvgIpc) is 2.43. The molecule has 0 bridgehead atoms. The number of carbonyl (C=O) groups is 1. The largest absolute Gasteiger partial charge is 0.478 e. The summed E-state index contributed by atoms with van der Waals surface area (Å²) in [6.45, 7) is 0. The van der Waals surface area contributed by atoms with Crippen LogP contribution >= 0.6 is 22.0 Å². The van der Waals surface area contributed by atoms with E-state index < -0.39 is 36.5 Å². The second-order valence-electron chi connectivity index (χ2n) is 2.55. The fraction of sp³-hybridized carbons (Fsp3) is 0.167. The maximum Gasteiger partial charge on any atom is 0.426 e. The zero-order valence-electron chi connectivity index (χ0n) is 7.08. The molecule has 1 rings (SSSR count). The SMILES string of the molecule is O=C(O)c1csc(C(F)(F)F)c1S(=O)(=O)Cl. The van der Waals surface area contributed by atoms with Crippen molar-refractivity contribution in [2.24, 2.45) is 0 Å². The van der Waals surface area contributed by atoms with Gasteiger partial charge in [-0.2, -0.15) is 13.2 Å². The van der Waals surface area contributed by atoms with E-state index in [9.17, 15) is 26.4 Å². The molecule has 0 saturated carbocycles. The molecule has 1 aromatic heterocycles. The summed E-state index contributed by atoms with van der Waals surface area (Å²) in [6.07, 6.45) is -4.96. The van der Waals surface area contributed by atoms with Crippen LogP contribution in [0.25, 0.3) is 0 Å². The van der Waals surface area contributed by atoms with Gasteiger partial charge in [-0.1, -0.05) is 0 Å². The lowest BCUT2D eigenvalue weighted by Gasteiger charge is -2.05. The van der Waals surface area contributed by atoms with E-state index in [1.54, 1.807) is 0 Å². The molecule has 10 heteroatoms. The summed E-state index contributed by atoms with van der Waals surface area (Å²) in [5.74, 6) is -1.79. The average molecular weight is 295 g/mol. The number of carboxylic acids is 1. The Labute approximate surface area is 95.7 Å². The molecule has 4 nitrogen and oxygen atoms in total. The van der Waals surface area contributed by atoms with Crippen molar-refractivity contribution in [3.8, 4) is 0 Å². The third kappa shape index (κ3) is 2.47.